The smallest absolute Gasteiger partial charge is 0.274 e. The highest BCUT2D eigenvalue weighted by atomic mass is 16.2. The van der Waals surface area contributed by atoms with Gasteiger partial charge in [0.15, 0.2) is 11.5 Å². The number of nitrogens with zero attached hydrogens (tertiary/aromatic N) is 5. The lowest BCUT2D eigenvalue weighted by Gasteiger charge is -2.17. The summed E-state index contributed by atoms with van der Waals surface area (Å²) < 4.78 is 2.07. The van der Waals surface area contributed by atoms with Crippen molar-refractivity contribution in [2.24, 2.45) is 0 Å². The Morgan fingerprint density at radius 3 is 3.15 bits per heavy atom. The van der Waals surface area contributed by atoms with Crippen molar-refractivity contribution < 1.29 is 4.79 Å². The van der Waals surface area contributed by atoms with Gasteiger partial charge in [0.05, 0.1) is 12.2 Å². The van der Waals surface area contributed by atoms with E-state index in [9.17, 15) is 4.79 Å². The van der Waals surface area contributed by atoms with Gasteiger partial charge >= 0.3 is 0 Å². The van der Waals surface area contributed by atoms with Gasteiger partial charge in [0.1, 0.15) is 5.82 Å². The number of nitrogen functional groups attached to an aromatic ring is 1. The fourth-order valence-corrected chi connectivity index (χ4v) is 2.39. The number of hydrogen-bond acceptors (Lipinski definition) is 5. The first-order valence-corrected chi connectivity index (χ1v) is 6.53. The second-order valence-corrected chi connectivity index (χ2v) is 4.89. The molecule has 0 radical (unpaired) electrons. The summed E-state index contributed by atoms with van der Waals surface area (Å²) in [6, 6.07) is 3.38. The topological polar surface area (TPSA) is 89.9 Å². The Labute approximate surface area is 116 Å². The van der Waals surface area contributed by atoms with Crippen molar-refractivity contribution in [3.63, 3.8) is 0 Å². The molecule has 7 nitrogen and oxygen atoms in total. The number of amides is 1. The Morgan fingerprint density at radius 1 is 1.50 bits per heavy atom. The van der Waals surface area contributed by atoms with Crippen LogP contribution >= 0.6 is 0 Å². The predicted molar refractivity (Wildman–Crippen MR) is 72.8 cm³/mol. The van der Waals surface area contributed by atoms with Crippen LogP contribution in [0.5, 0.6) is 0 Å². The maximum Gasteiger partial charge on any atom is 0.274 e. The first kappa shape index (κ1) is 12.6. The molecular formula is C13H16N6O. The lowest BCUT2D eigenvalue weighted by Crippen LogP contribution is -2.29. The highest BCUT2D eigenvalue weighted by Crippen LogP contribution is 2.16. The molecule has 2 aromatic rings. The van der Waals surface area contributed by atoms with Crippen molar-refractivity contribution in [2.75, 3.05) is 12.8 Å². The molecule has 0 fully saturated rings. The average Bonchev–Trinajstić information content (AvgIpc) is 3.03. The molecule has 3 rings (SSSR count). The van der Waals surface area contributed by atoms with Gasteiger partial charge in [-0.3, -0.25) is 4.79 Å². The number of anilines is 1. The van der Waals surface area contributed by atoms with Crippen LogP contribution in [0.2, 0.25) is 0 Å². The Morgan fingerprint density at radius 2 is 2.35 bits per heavy atom. The van der Waals surface area contributed by atoms with E-state index in [2.05, 4.69) is 19.7 Å². The summed E-state index contributed by atoms with van der Waals surface area (Å²) in [4.78, 5) is 17.9. The number of fused-ring (bicyclic) bond motifs is 1. The quantitative estimate of drug-likeness (QED) is 0.877. The number of rotatable bonds is 3. The molecule has 7 heteroatoms. The molecule has 1 amide bonds. The molecule has 1 aliphatic rings. The second kappa shape index (κ2) is 4.92. The maximum absolute atomic E-state index is 12.3. The number of carbonyl (C=O) groups excluding carboxylic acids is 1. The van der Waals surface area contributed by atoms with Crippen molar-refractivity contribution >= 4 is 11.6 Å². The fraction of sp³-hybridized carbons (Fsp3) is 0.385. The van der Waals surface area contributed by atoms with E-state index >= 15 is 0 Å². The molecule has 2 aromatic heterocycles. The largest absolute Gasteiger partial charge is 0.397 e. The third kappa shape index (κ3) is 2.11. The average molecular weight is 272 g/mol. The molecule has 0 bridgehead atoms. The molecule has 0 spiro atoms. The van der Waals surface area contributed by atoms with E-state index < -0.39 is 0 Å². The van der Waals surface area contributed by atoms with E-state index in [-0.39, 0.29) is 11.6 Å². The van der Waals surface area contributed by atoms with Crippen molar-refractivity contribution in [3.8, 4) is 0 Å². The summed E-state index contributed by atoms with van der Waals surface area (Å²) in [5.74, 6) is 1.60. The van der Waals surface area contributed by atoms with Crippen LogP contribution in [0.15, 0.2) is 18.3 Å². The van der Waals surface area contributed by atoms with E-state index in [1.54, 1.807) is 30.3 Å². The van der Waals surface area contributed by atoms with Crippen LogP contribution in [-0.2, 0) is 19.5 Å². The molecule has 104 valence electrons. The Balaban J connectivity index is 1.78. The standard InChI is InChI=1S/C13H16N6O/c1-18(13(20)12-9(14)4-2-6-15-12)8-11-17-16-10-5-3-7-19(10)11/h2,4,6H,3,5,7-8,14H2,1H3. The SMILES string of the molecule is CN(Cc1nnc2n1CCC2)C(=O)c1ncccc1N. The van der Waals surface area contributed by atoms with Gasteiger partial charge in [-0.1, -0.05) is 0 Å². The Bertz CT molecular complexity index is 650. The molecule has 0 saturated carbocycles. The zero-order chi connectivity index (χ0) is 14.1. The first-order valence-electron chi connectivity index (χ1n) is 6.53. The minimum Gasteiger partial charge on any atom is -0.397 e. The summed E-state index contributed by atoms with van der Waals surface area (Å²) in [6.07, 6.45) is 3.60. The monoisotopic (exact) mass is 272 g/mol. The number of aromatic nitrogens is 4. The summed E-state index contributed by atoms with van der Waals surface area (Å²) in [6.45, 7) is 1.33. The van der Waals surface area contributed by atoms with Crippen molar-refractivity contribution in [1.29, 1.82) is 0 Å². The minimum absolute atomic E-state index is 0.210. The number of pyridine rings is 1. The third-order valence-corrected chi connectivity index (χ3v) is 3.45. The van der Waals surface area contributed by atoms with Gasteiger partial charge < -0.3 is 15.2 Å². The normalized spacial score (nSPS) is 13.2. The minimum atomic E-state index is -0.210. The van der Waals surface area contributed by atoms with Gasteiger partial charge in [0.2, 0.25) is 0 Å². The molecule has 0 aromatic carbocycles. The van der Waals surface area contributed by atoms with Crippen LogP contribution in [0.3, 0.4) is 0 Å². The van der Waals surface area contributed by atoms with E-state index in [1.807, 2.05) is 0 Å². The van der Waals surface area contributed by atoms with Crippen molar-refractivity contribution in [2.45, 2.75) is 25.9 Å². The van der Waals surface area contributed by atoms with E-state index in [4.69, 9.17) is 5.73 Å². The molecule has 0 atom stereocenters. The first-order chi connectivity index (χ1) is 9.66. The van der Waals surface area contributed by atoms with Gasteiger partial charge in [-0.2, -0.15) is 0 Å². The highest BCUT2D eigenvalue weighted by molar-refractivity contribution is 5.96. The molecule has 0 aliphatic carbocycles. The summed E-state index contributed by atoms with van der Waals surface area (Å²) in [5, 5.41) is 8.28. The molecule has 2 N–H and O–H groups in total. The van der Waals surface area contributed by atoms with Gasteiger partial charge in [-0.25, -0.2) is 4.98 Å². The molecule has 1 aliphatic heterocycles. The molecule has 0 saturated heterocycles. The maximum atomic E-state index is 12.3. The number of hydrogen-bond donors (Lipinski definition) is 1. The van der Waals surface area contributed by atoms with Crippen LogP contribution in [0.1, 0.15) is 28.6 Å². The van der Waals surface area contributed by atoms with E-state index in [1.165, 1.54) is 0 Å². The van der Waals surface area contributed by atoms with Gasteiger partial charge in [-0.05, 0) is 18.6 Å². The predicted octanol–water partition coefficient (Wildman–Crippen LogP) is 0.474. The fourth-order valence-electron chi connectivity index (χ4n) is 2.39. The molecule has 0 unspecified atom stereocenters. The molecular weight excluding hydrogens is 256 g/mol. The number of nitrogens with two attached hydrogens (primary N) is 1. The summed E-state index contributed by atoms with van der Waals surface area (Å²) in [7, 11) is 1.72. The summed E-state index contributed by atoms with van der Waals surface area (Å²) in [5.41, 5.74) is 6.44. The number of aryl methyl sites for hydroxylation is 1. The van der Waals surface area contributed by atoms with Gasteiger partial charge in [0.25, 0.3) is 5.91 Å². The van der Waals surface area contributed by atoms with Crippen LogP contribution in [0, 0.1) is 0 Å². The highest BCUT2D eigenvalue weighted by Gasteiger charge is 2.21. The van der Waals surface area contributed by atoms with Crippen LogP contribution in [-0.4, -0.2) is 37.6 Å². The lowest BCUT2D eigenvalue weighted by molar-refractivity contribution is 0.0775. The molecule has 3 heterocycles. The Hall–Kier alpha value is -2.44. The molecule has 20 heavy (non-hydrogen) atoms. The van der Waals surface area contributed by atoms with Gasteiger partial charge in [-0.15, -0.1) is 10.2 Å². The Kier molecular flexibility index (Phi) is 3.09. The van der Waals surface area contributed by atoms with Crippen LogP contribution in [0.4, 0.5) is 5.69 Å². The third-order valence-electron chi connectivity index (χ3n) is 3.45. The summed E-state index contributed by atoms with van der Waals surface area (Å²) >= 11 is 0. The zero-order valence-corrected chi connectivity index (χ0v) is 11.3. The van der Waals surface area contributed by atoms with Crippen LogP contribution in [0.25, 0.3) is 0 Å². The lowest BCUT2D eigenvalue weighted by atomic mass is 10.2. The van der Waals surface area contributed by atoms with Crippen molar-refractivity contribution in [1.82, 2.24) is 24.6 Å². The number of carbonyl (C=O) groups is 1. The second-order valence-electron chi connectivity index (χ2n) is 4.89. The van der Waals surface area contributed by atoms with E-state index in [0.717, 1.165) is 31.0 Å². The van der Waals surface area contributed by atoms with Gasteiger partial charge in [0, 0.05) is 26.2 Å². The van der Waals surface area contributed by atoms with E-state index in [0.29, 0.717) is 12.2 Å². The van der Waals surface area contributed by atoms with Crippen molar-refractivity contribution in [3.05, 3.63) is 35.7 Å². The van der Waals surface area contributed by atoms with Crippen LogP contribution < -0.4 is 5.73 Å². The zero-order valence-electron chi connectivity index (χ0n) is 11.3.